The van der Waals surface area contributed by atoms with Crippen molar-refractivity contribution in [2.45, 2.75) is 50.4 Å². The maximum atomic E-state index is 6.35. The first-order chi connectivity index (χ1) is 22.0. The first-order valence-electron chi connectivity index (χ1n) is 15.8. The molecule has 0 aliphatic rings. The monoisotopic (exact) mass is 855 g/mol. The van der Waals surface area contributed by atoms with Gasteiger partial charge >= 0.3 is 106 Å². The van der Waals surface area contributed by atoms with E-state index >= 15 is 0 Å². The van der Waals surface area contributed by atoms with E-state index in [-0.39, 0.29) is 25.5 Å². The smallest absolute Gasteiger partial charge is 0 e. The molecule has 0 fully saturated rings. The zero-order valence-electron chi connectivity index (χ0n) is 28.1. The quantitative estimate of drug-likeness (QED) is 0.131. The second kappa shape index (κ2) is 14.1. The largest absolute Gasteiger partial charge is 0 e. The molecule has 0 saturated heterocycles. The van der Waals surface area contributed by atoms with Crippen molar-refractivity contribution in [1.82, 2.24) is 9.97 Å². The first kappa shape index (κ1) is 34.5. The van der Waals surface area contributed by atoms with Crippen LogP contribution in [-0.2, 0) is 25.5 Å². The number of pyridine rings is 2. The van der Waals surface area contributed by atoms with Gasteiger partial charge in [0.2, 0.25) is 0 Å². The topological polar surface area (TPSA) is 38.9 Å². The van der Waals surface area contributed by atoms with Crippen LogP contribution in [-0.4, -0.2) is 23.2 Å². The van der Waals surface area contributed by atoms with E-state index in [2.05, 4.69) is 140 Å². The molecule has 239 valence electrons. The molecule has 0 bridgehead atoms. The van der Waals surface area contributed by atoms with Crippen LogP contribution >= 0.6 is 0 Å². The molecule has 0 spiro atoms. The van der Waals surface area contributed by atoms with Gasteiger partial charge in [0.25, 0.3) is 0 Å². The van der Waals surface area contributed by atoms with Gasteiger partial charge in [-0.1, -0.05) is 80.3 Å². The van der Waals surface area contributed by atoms with Crippen molar-refractivity contribution in [1.29, 1.82) is 0 Å². The molecule has 5 heteroatoms. The molecule has 0 saturated carbocycles. The van der Waals surface area contributed by atoms with E-state index in [1.807, 2.05) is 42.6 Å². The molecule has 0 aliphatic carbocycles. The molecule has 0 N–H and O–H groups in total. The van der Waals surface area contributed by atoms with Crippen LogP contribution in [0.2, 0.25) is 17.3 Å². The van der Waals surface area contributed by atoms with Crippen LogP contribution in [0.4, 0.5) is 0 Å². The van der Waals surface area contributed by atoms with Gasteiger partial charge in [0, 0.05) is 31.7 Å². The molecule has 4 aromatic carbocycles. The van der Waals surface area contributed by atoms with Crippen LogP contribution in [0.25, 0.3) is 55.6 Å². The van der Waals surface area contributed by atoms with Gasteiger partial charge in [0.15, 0.2) is 0 Å². The number of benzene rings is 4. The fourth-order valence-electron chi connectivity index (χ4n) is 5.91. The Balaban J connectivity index is 0.000000207. The van der Waals surface area contributed by atoms with Crippen molar-refractivity contribution in [2.24, 2.45) is 0 Å². The van der Waals surface area contributed by atoms with Crippen molar-refractivity contribution in [3.63, 3.8) is 0 Å². The number of rotatable bonds is 4. The molecule has 7 aromatic rings. The fraction of sp³-hybridized carbons (Fsp3) is 0.190. The van der Waals surface area contributed by atoms with Crippen LogP contribution < -0.4 is 4.40 Å². The third-order valence-electron chi connectivity index (χ3n) is 8.33. The maximum Gasteiger partial charge on any atom is 0 e. The number of aromatic nitrogens is 2. The van der Waals surface area contributed by atoms with E-state index in [1.54, 1.807) is 0 Å². The molecule has 7 rings (SSSR count). The van der Waals surface area contributed by atoms with Gasteiger partial charge in [-0.05, 0) is 39.9 Å². The average molecular weight is 854 g/mol. The number of furan rings is 1. The summed E-state index contributed by atoms with van der Waals surface area (Å²) in [6.45, 7) is 8.83. The van der Waals surface area contributed by atoms with Gasteiger partial charge in [-0.3, -0.25) is 0 Å². The molecular weight excluding hydrogens is 813 g/mol. The number of nitrogens with zero attached hydrogens (tertiary/aromatic N) is 2. The first-order valence-corrected chi connectivity index (χ1v) is 23.2. The predicted octanol–water partition coefficient (Wildman–Crippen LogP) is 10.8. The Morgan fingerprint density at radius 3 is 2.19 bits per heavy atom. The van der Waals surface area contributed by atoms with Crippen LogP contribution in [0, 0.1) is 19.1 Å². The Bertz CT molecular complexity index is 2120. The molecule has 0 unspecified atom stereocenters. The summed E-state index contributed by atoms with van der Waals surface area (Å²) in [5.74, 6) is 7.20. The Labute approximate surface area is 295 Å². The van der Waals surface area contributed by atoms with Crippen LogP contribution in [0.1, 0.15) is 31.9 Å². The summed E-state index contributed by atoms with van der Waals surface area (Å²) in [6, 6.07) is 41.8. The second-order valence-electron chi connectivity index (χ2n) is 13.8. The van der Waals surface area contributed by atoms with Crippen molar-refractivity contribution in [3.8, 4) is 33.6 Å². The molecule has 3 aromatic heterocycles. The molecule has 0 amide bonds. The van der Waals surface area contributed by atoms with Crippen molar-refractivity contribution in [3.05, 3.63) is 139 Å². The number of fused-ring (bicyclic) bond motifs is 3. The van der Waals surface area contributed by atoms with E-state index < -0.39 is 13.3 Å². The molecule has 1 radical (unpaired) electrons. The van der Waals surface area contributed by atoms with Gasteiger partial charge in [0.05, 0.1) is 5.58 Å². The molecule has 47 heavy (non-hydrogen) atoms. The summed E-state index contributed by atoms with van der Waals surface area (Å²) in [6.07, 6.45) is 3.95. The van der Waals surface area contributed by atoms with Gasteiger partial charge in [-0.15, -0.1) is 18.2 Å². The molecular formula is C42H40GeIrN2O-2. The molecule has 3 heterocycles. The van der Waals surface area contributed by atoms with Crippen molar-refractivity contribution < 1.29 is 24.5 Å². The Morgan fingerprint density at radius 2 is 1.51 bits per heavy atom. The summed E-state index contributed by atoms with van der Waals surface area (Å²) in [5, 5.41) is 2.23. The fourth-order valence-corrected chi connectivity index (χ4v) is 9.50. The Hall–Kier alpha value is -3.83. The standard InChI is InChI=1S/C27H22NO.C15H18GeN.Ir/c1-27(2,3)19-15-16-28-23(17-19)21-12-7-13-22-25-20(18-9-5-4-6-10-18)11-8-14-24(25)29-26(21)22;1-12-10-15(13-8-6-5-7-9-13)17-11-14(12)16(2,3)4;/h4-11,13-17H,1-3H3;5-8,10-11H,1-4H3;/q2*-1;. The zero-order chi connectivity index (χ0) is 32.5. The van der Waals surface area contributed by atoms with E-state index in [0.717, 1.165) is 44.5 Å². The van der Waals surface area contributed by atoms with E-state index in [1.165, 1.54) is 26.6 Å². The van der Waals surface area contributed by atoms with Crippen LogP contribution in [0.5, 0.6) is 0 Å². The minimum Gasteiger partial charge on any atom is 0 e. The SMILES string of the molecule is CC(C)(C)c1ccnc(-c2[c-]ccc3c2oc2cccc(-c4ccccc4)c23)c1.Cc1cc(-c2[c-]cccc2)nc[c]1[Ge]([CH3])([CH3])[CH3].[Ir]. The van der Waals surface area contributed by atoms with Gasteiger partial charge in [-0.2, -0.15) is 0 Å². The molecule has 3 nitrogen and oxygen atoms in total. The summed E-state index contributed by atoms with van der Waals surface area (Å²) in [7, 11) is 0. The number of hydrogen-bond acceptors (Lipinski definition) is 3. The molecule has 0 atom stereocenters. The third-order valence-corrected chi connectivity index (χ3v) is 12.8. The summed E-state index contributed by atoms with van der Waals surface area (Å²) < 4.78 is 7.84. The summed E-state index contributed by atoms with van der Waals surface area (Å²) >= 11 is -1.77. The van der Waals surface area contributed by atoms with E-state index in [9.17, 15) is 0 Å². The van der Waals surface area contributed by atoms with E-state index in [0.29, 0.717) is 0 Å². The van der Waals surface area contributed by atoms with Gasteiger partial charge < -0.3 is 9.40 Å². The Kier molecular flexibility index (Phi) is 10.4. The van der Waals surface area contributed by atoms with Crippen LogP contribution in [0.15, 0.2) is 120 Å². The van der Waals surface area contributed by atoms with Crippen molar-refractivity contribution in [2.75, 3.05) is 0 Å². The Morgan fingerprint density at radius 1 is 0.745 bits per heavy atom. The maximum absolute atomic E-state index is 6.35. The zero-order valence-corrected chi connectivity index (χ0v) is 32.6. The minimum atomic E-state index is -1.77. The minimum absolute atomic E-state index is 0. The average Bonchev–Trinajstić information content (AvgIpc) is 3.44. The van der Waals surface area contributed by atoms with Crippen molar-refractivity contribution >= 4 is 39.6 Å². The third kappa shape index (κ3) is 7.51. The van der Waals surface area contributed by atoms with E-state index in [4.69, 9.17) is 4.42 Å². The van der Waals surface area contributed by atoms with Gasteiger partial charge in [0.1, 0.15) is 5.58 Å². The summed E-state index contributed by atoms with van der Waals surface area (Å²) in [5.41, 5.74) is 10.7. The van der Waals surface area contributed by atoms with Crippen LogP contribution in [0.3, 0.4) is 0 Å². The predicted molar refractivity (Wildman–Crippen MR) is 196 cm³/mol. The summed E-state index contributed by atoms with van der Waals surface area (Å²) in [4.78, 5) is 9.22. The number of aryl methyl sites for hydroxylation is 1. The second-order valence-corrected chi connectivity index (χ2v) is 24.4. The molecule has 0 aliphatic heterocycles. The van der Waals surface area contributed by atoms with Gasteiger partial charge in [-0.25, -0.2) is 0 Å². The normalized spacial score (nSPS) is 11.6. The number of hydrogen-bond donors (Lipinski definition) is 0.